The van der Waals surface area contributed by atoms with E-state index in [1.807, 2.05) is 72.5 Å². The maximum Gasteiger partial charge on any atom is 0.323 e. The van der Waals surface area contributed by atoms with Crippen LogP contribution in [0.25, 0.3) is 0 Å². The average Bonchev–Trinajstić information content (AvgIpc) is 2.89. The molecule has 1 atom stereocenters. The number of ether oxygens (including phenoxy) is 1. The van der Waals surface area contributed by atoms with E-state index in [1.165, 1.54) is 14.0 Å². The molecule has 0 saturated heterocycles. The third kappa shape index (κ3) is 7.99. The topological polar surface area (TPSA) is 120 Å². The normalized spacial score (nSPS) is 11.2. The quantitative estimate of drug-likeness (QED) is 0.245. The Bertz CT molecular complexity index is 1250. The summed E-state index contributed by atoms with van der Waals surface area (Å²) in [5, 5.41) is 18.2. The molecule has 0 aliphatic carbocycles. The maximum atomic E-state index is 12.7. The number of nitrogens with one attached hydrogen (secondary N) is 3. The van der Waals surface area contributed by atoms with Gasteiger partial charge in [0.15, 0.2) is 0 Å². The van der Waals surface area contributed by atoms with Crippen LogP contribution in [0, 0.1) is 6.92 Å². The summed E-state index contributed by atoms with van der Waals surface area (Å²) in [6.07, 6.45) is 0.481. The molecule has 1 unspecified atom stereocenters. The molecule has 3 aromatic rings. The number of hydrogen-bond acceptors (Lipinski definition) is 5. The number of urea groups is 1. The molecule has 0 aromatic heterocycles. The number of aliphatic carboxylic acids is 1. The van der Waals surface area contributed by atoms with Crippen molar-refractivity contribution in [3.63, 3.8) is 0 Å². The van der Waals surface area contributed by atoms with Gasteiger partial charge in [-0.15, -0.1) is 0 Å². The zero-order chi connectivity index (χ0) is 27.5. The molecule has 0 aliphatic rings. The van der Waals surface area contributed by atoms with Gasteiger partial charge in [-0.05, 0) is 42.7 Å². The van der Waals surface area contributed by atoms with E-state index in [4.69, 9.17) is 4.74 Å². The molecule has 0 heterocycles. The van der Waals surface area contributed by atoms with E-state index in [0.29, 0.717) is 36.6 Å². The molecule has 38 heavy (non-hydrogen) atoms. The number of aryl methyl sites for hydroxylation is 1. The molecule has 4 N–H and O–H groups in total. The lowest BCUT2D eigenvalue weighted by Crippen LogP contribution is -2.33. The third-order valence-corrected chi connectivity index (χ3v) is 6.04. The van der Waals surface area contributed by atoms with Gasteiger partial charge in [0.2, 0.25) is 5.91 Å². The molecule has 9 heteroatoms. The van der Waals surface area contributed by atoms with Gasteiger partial charge < -0.3 is 30.7 Å². The summed E-state index contributed by atoms with van der Waals surface area (Å²) >= 11 is 0. The van der Waals surface area contributed by atoms with Gasteiger partial charge in [0.05, 0.1) is 25.3 Å². The van der Waals surface area contributed by atoms with Crippen LogP contribution in [0.5, 0.6) is 5.75 Å². The monoisotopic (exact) mass is 518 g/mol. The van der Waals surface area contributed by atoms with Crippen LogP contribution in [-0.2, 0) is 9.59 Å². The van der Waals surface area contributed by atoms with E-state index in [9.17, 15) is 19.5 Å². The number of nitrogens with zero attached hydrogens (tertiary/aromatic N) is 1. The predicted molar refractivity (Wildman–Crippen MR) is 149 cm³/mol. The number of para-hydroxylation sites is 1. The molecule has 200 valence electrons. The van der Waals surface area contributed by atoms with Crippen molar-refractivity contribution in [2.45, 2.75) is 32.7 Å². The Morgan fingerprint density at radius 2 is 1.63 bits per heavy atom. The van der Waals surface area contributed by atoms with Gasteiger partial charge >= 0.3 is 12.0 Å². The second-order valence-electron chi connectivity index (χ2n) is 8.83. The number of benzene rings is 3. The second kappa shape index (κ2) is 13.7. The van der Waals surface area contributed by atoms with Crippen LogP contribution in [0.3, 0.4) is 0 Å². The standard InChI is InChI=1S/C29H34N4O5/c1-20-10-7-8-13-24(20)31-29(37)32-25-15-14-23(18-27(25)38-3)33(17-9-16-30-21(2)34)26(19-28(35)36)22-11-5-4-6-12-22/h4-8,10-15,18,26H,9,16-17,19H2,1-3H3,(H,30,34)(H,35,36)(H2,31,32,37). The molecule has 3 amide bonds. The summed E-state index contributed by atoms with van der Waals surface area (Å²) in [6, 6.07) is 21.4. The van der Waals surface area contributed by atoms with Crippen molar-refractivity contribution in [2.75, 3.05) is 35.7 Å². The lowest BCUT2D eigenvalue weighted by atomic mass is 10.0. The fourth-order valence-electron chi connectivity index (χ4n) is 4.18. The van der Waals surface area contributed by atoms with Crippen molar-refractivity contribution in [3.8, 4) is 5.75 Å². The molecule has 0 spiro atoms. The number of hydrogen-bond donors (Lipinski definition) is 4. The lowest BCUT2D eigenvalue weighted by Gasteiger charge is -2.34. The third-order valence-electron chi connectivity index (χ3n) is 6.04. The molecule has 3 aromatic carbocycles. The van der Waals surface area contributed by atoms with Crippen LogP contribution < -0.4 is 25.6 Å². The number of carboxylic acid groups (broad SMARTS) is 1. The van der Waals surface area contributed by atoms with Crippen molar-refractivity contribution in [2.24, 2.45) is 0 Å². The maximum absolute atomic E-state index is 12.7. The number of methoxy groups -OCH3 is 1. The molecular formula is C29H34N4O5. The van der Waals surface area contributed by atoms with E-state index >= 15 is 0 Å². The van der Waals surface area contributed by atoms with Gasteiger partial charge in [-0.25, -0.2) is 4.79 Å². The highest BCUT2D eigenvalue weighted by atomic mass is 16.5. The fraction of sp³-hybridized carbons (Fsp3) is 0.276. The van der Waals surface area contributed by atoms with Gasteiger partial charge in [-0.1, -0.05) is 48.5 Å². The number of carbonyl (C=O) groups is 3. The molecule has 0 bridgehead atoms. The largest absolute Gasteiger partial charge is 0.494 e. The average molecular weight is 519 g/mol. The first-order valence-corrected chi connectivity index (χ1v) is 12.4. The van der Waals surface area contributed by atoms with E-state index in [1.54, 1.807) is 12.1 Å². The first-order chi connectivity index (χ1) is 18.3. The van der Waals surface area contributed by atoms with Gasteiger partial charge in [0, 0.05) is 37.5 Å². The highest BCUT2D eigenvalue weighted by Crippen LogP contribution is 2.35. The Balaban J connectivity index is 1.89. The molecule has 3 rings (SSSR count). The van der Waals surface area contributed by atoms with Crippen molar-refractivity contribution in [1.82, 2.24) is 5.32 Å². The van der Waals surface area contributed by atoms with Gasteiger partial charge in [0.25, 0.3) is 0 Å². The second-order valence-corrected chi connectivity index (χ2v) is 8.83. The molecule has 0 fully saturated rings. The Labute approximate surface area is 222 Å². The van der Waals surface area contributed by atoms with Crippen molar-refractivity contribution < 1.29 is 24.2 Å². The summed E-state index contributed by atoms with van der Waals surface area (Å²) in [5.41, 5.74) is 3.68. The Morgan fingerprint density at radius 1 is 0.947 bits per heavy atom. The summed E-state index contributed by atoms with van der Waals surface area (Å²) < 4.78 is 5.59. The Kier molecular flexibility index (Phi) is 10.1. The van der Waals surface area contributed by atoms with Crippen LogP contribution in [0.2, 0.25) is 0 Å². The first-order valence-electron chi connectivity index (χ1n) is 12.4. The molecular weight excluding hydrogens is 484 g/mol. The predicted octanol–water partition coefficient (Wildman–Crippen LogP) is 5.20. The van der Waals surface area contributed by atoms with E-state index in [0.717, 1.165) is 16.8 Å². The summed E-state index contributed by atoms with van der Waals surface area (Å²) in [4.78, 5) is 37.9. The van der Waals surface area contributed by atoms with Crippen LogP contribution in [0.4, 0.5) is 21.9 Å². The highest BCUT2D eigenvalue weighted by Gasteiger charge is 2.24. The lowest BCUT2D eigenvalue weighted by molar-refractivity contribution is -0.137. The Morgan fingerprint density at radius 3 is 2.29 bits per heavy atom. The zero-order valence-electron chi connectivity index (χ0n) is 21.9. The summed E-state index contributed by atoms with van der Waals surface area (Å²) in [7, 11) is 1.51. The molecule has 0 aliphatic heterocycles. The molecule has 9 nitrogen and oxygen atoms in total. The number of anilines is 3. The number of carbonyl (C=O) groups excluding carboxylic acids is 2. The van der Waals surface area contributed by atoms with Crippen LogP contribution in [-0.4, -0.2) is 43.2 Å². The SMILES string of the molecule is COc1cc(N(CCCNC(C)=O)C(CC(=O)O)c2ccccc2)ccc1NC(=O)Nc1ccccc1C. The van der Waals surface area contributed by atoms with Crippen LogP contribution in [0.15, 0.2) is 72.8 Å². The first kappa shape index (κ1) is 28.0. The van der Waals surface area contributed by atoms with Crippen molar-refractivity contribution >= 4 is 35.0 Å². The fourth-order valence-corrected chi connectivity index (χ4v) is 4.18. The van der Waals surface area contributed by atoms with Gasteiger partial charge in [-0.2, -0.15) is 0 Å². The minimum Gasteiger partial charge on any atom is -0.494 e. The summed E-state index contributed by atoms with van der Waals surface area (Å²) in [6.45, 7) is 4.31. The molecule has 0 radical (unpaired) electrons. The Hall–Kier alpha value is -4.53. The summed E-state index contributed by atoms with van der Waals surface area (Å²) in [5.74, 6) is -0.622. The highest BCUT2D eigenvalue weighted by molar-refractivity contribution is 6.01. The minimum atomic E-state index is -0.927. The minimum absolute atomic E-state index is 0.120. The number of rotatable bonds is 12. The molecule has 0 saturated carbocycles. The number of carboxylic acids is 1. The van der Waals surface area contributed by atoms with E-state index < -0.39 is 18.0 Å². The van der Waals surface area contributed by atoms with Crippen LogP contribution >= 0.6 is 0 Å². The van der Waals surface area contributed by atoms with Crippen molar-refractivity contribution in [1.29, 1.82) is 0 Å². The van der Waals surface area contributed by atoms with Gasteiger partial charge in [0.1, 0.15) is 5.75 Å². The van der Waals surface area contributed by atoms with E-state index in [-0.39, 0.29) is 12.3 Å². The van der Waals surface area contributed by atoms with Crippen molar-refractivity contribution in [3.05, 3.63) is 83.9 Å². The number of amides is 3. The smallest absolute Gasteiger partial charge is 0.323 e. The van der Waals surface area contributed by atoms with Crippen LogP contribution in [0.1, 0.15) is 36.9 Å². The van der Waals surface area contributed by atoms with E-state index in [2.05, 4.69) is 16.0 Å². The zero-order valence-corrected chi connectivity index (χ0v) is 21.9. The van der Waals surface area contributed by atoms with Gasteiger partial charge in [-0.3, -0.25) is 9.59 Å².